The van der Waals surface area contributed by atoms with Crippen LogP contribution in [0.1, 0.15) is 12.0 Å². The predicted octanol–water partition coefficient (Wildman–Crippen LogP) is 0.0229. The lowest BCUT2D eigenvalue weighted by atomic mass is 10.4. The van der Waals surface area contributed by atoms with Gasteiger partial charge in [0.1, 0.15) is 5.82 Å². The summed E-state index contributed by atoms with van der Waals surface area (Å²) >= 11 is 0. The maximum atomic E-state index is 11.5. The molecule has 0 saturated heterocycles. The molecule has 0 atom stereocenters. The first-order valence-electron chi connectivity index (χ1n) is 4.52. The van der Waals surface area contributed by atoms with Gasteiger partial charge in [-0.15, -0.1) is 0 Å². The van der Waals surface area contributed by atoms with Crippen molar-refractivity contribution in [3.8, 4) is 0 Å². The van der Waals surface area contributed by atoms with Crippen LogP contribution in [0.15, 0.2) is 6.20 Å². The van der Waals surface area contributed by atoms with Gasteiger partial charge in [-0.1, -0.05) is 0 Å². The van der Waals surface area contributed by atoms with Crippen LogP contribution in [0.5, 0.6) is 0 Å². The number of aromatic nitrogens is 2. The van der Waals surface area contributed by atoms with Crippen LogP contribution in [0.25, 0.3) is 0 Å². The molecule has 1 aromatic heterocycles. The summed E-state index contributed by atoms with van der Waals surface area (Å²) in [6, 6.07) is 0. The SMILES string of the molecule is COC(=O)CCS(=O)(=O)Nc1[nH]ncc1C. The van der Waals surface area contributed by atoms with Crippen LogP contribution in [0.2, 0.25) is 0 Å². The molecule has 1 heterocycles. The third kappa shape index (κ3) is 3.54. The average Bonchev–Trinajstić information content (AvgIpc) is 2.60. The first-order valence-corrected chi connectivity index (χ1v) is 6.17. The number of aromatic amines is 1. The molecule has 0 aliphatic rings. The van der Waals surface area contributed by atoms with Crippen LogP contribution in [-0.2, 0) is 19.6 Å². The number of hydrogen-bond acceptors (Lipinski definition) is 5. The van der Waals surface area contributed by atoms with Gasteiger partial charge in [-0.3, -0.25) is 14.6 Å². The number of carbonyl (C=O) groups excluding carboxylic acids is 1. The highest BCUT2D eigenvalue weighted by molar-refractivity contribution is 7.92. The molecule has 1 aromatic rings. The molecule has 0 radical (unpaired) electrons. The Hall–Kier alpha value is -1.57. The molecule has 90 valence electrons. The zero-order valence-electron chi connectivity index (χ0n) is 8.98. The predicted molar refractivity (Wildman–Crippen MR) is 57.4 cm³/mol. The molecule has 2 N–H and O–H groups in total. The molecule has 7 nitrogen and oxygen atoms in total. The number of sulfonamides is 1. The minimum absolute atomic E-state index is 0.182. The van der Waals surface area contributed by atoms with Crippen LogP contribution >= 0.6 is 0 Å². The summed E-state index contributed by atoms with van der Waals surface area (Å²) in [7, 11) is -2.34. The molecule has 0 aliphatic carbocycles. The normalized spacial score (nSPS) is 11.1. The van der Waals surface area contributed by atoms with Gasteiger partial charge in [-0.2, -0.15) is 5.10 Å². The van der Waals surface area contributed by atoms with E-state index in [9.17, 15) is 13.2 Å². The van der Waals surface area contributed by atoms with E-state index < -0.39 is 16.0 Å². The van der Waals surface area contributed by atoms with Crippen LogP contribution < -0.4 is 4.72 Å². The second-order valence-corrected chi connectivity index (χ2v) is 5.02. The maximum absolute atomic E-state index is 11.5. The van der Waals surface area contributed by atoms with E-state index in [0.717, 1.165) is 0 Å². The maximum Gasteiger partial charge on any atom is 0.306 e. The van der Waals surface area contributed by atoms with Crippen molar-refractivity contribution < 1.29 is 17.9 Å². The van der Waals surface area contributed by atoms with Crippen molar-refractivity contribution in [2.24, 2.45) is 0 Å². The van der Waals surface area contributed by atoms with Crippen LogP contribution in [0, 0.1) is 6.92 Å². The molecular weight excluding hydrogens is 234 g/mol. The Morgan fingerprint density at radius 1 is 1.62 bits per heavy atom. The lowest BCUT2D eigenvalue weighted by Crippen LogP contribution is -2.20. The van der Waals surface area contributed by atoms with Crippen molar-refractivity contribution >= 4 is 21.8 Å². The summed E-state index contributed by atoms with van der Waals surface area (Å²) in [4.78, 5) is 10.8. The minimum Gasteiger partial charge on any atom is -0.469 e. The van der Waals surface area contributed by atoms with Gasteiger partial charge in [0, 0.05) is 5.56 Å². The molecule has 0 spiro atoms. The van der Waals surface area contributed by atoms with Gasteiger partial charge in [-0.05, 0) is 6.92 Å². The van der Waals surface area contributed by atoms with Crippen LogP contribution in [0.3, 0.4) is 0 Å². The smallest absolute Gasteiger partial charge is 0.306 e. The Morgan fingerprint density at radius 2 is 2.31 bits per heavy atom. The number of hydrogen-bond donors (Lipinski definition) is 2. The molecular formula is C8H13N3O4S. The second-order valence-electron chi connectivity index (χ2n) is 3.18. The fraction of sp³-hybridized carbons (Fsp3) is 0.500. The number of nitrogens with zero attached hydrogens (tertiary/aromatic N) is 1. The number of esters is 1. The van der Waals surface area contributed by atoms with E-state index >= 15 is 0 Å². The summed E-state index contributed by atoms with van der Waals surface area (Å²) in [6.07, 6.45) is 1.32. The lowest BCUT2D eigenvalue weighted by molar-refractivity contribution is -0.140. The number of anilines is 1. The van der Waals surface area contributed by atoms with E-state index in [1.807, 2.05) is 0 Å². The van der Waals surface area contributed by atoms with Gasteiger partial charge in [0.05, 0.1) is 25.5 Å². The average molecular weight is 247 g/mol. The third-order valence-electron chi connectivity index (χ3n) is 1.89. The lowest BCUT2D eigenvalue weighted by Gasteiger charge is -2.05. The molecule has 0 fully saturated rings. The minimum atomic E-state index is -3.55. The van der Waals surface area contributed by atoms with E-state index in [-0.39, 0.29) is 12.2 Å². The highest BCUT2D eigenvalue weighted by Crippen LogP contribution is 2.11. The molecule has 16 heavy (non-hydrogen) atoms. The van der Waals surface area contributed by atoms with E-state index in [0.29, 0.717) is 11.4 Å². The zero-order valence-corrected chi connectivity index (χ0v) is 9.80. The number of ether oxygens (including phenoxy) is 1. The number of aryl methyl sites for hydroxylation is 1. The Balaban J connectivity index is 2.59. The highest BCUT2D eigenvalue weighted by atomic mass is 32.2. The van der Waals surface area contributed by atoms with Crippen molar-refractivity contribution in [1.29, 1.82) is 0 Å². The van der Waals surface area contributed by atoms with Crippen molar-refractivity contribution in [1.82, 2.24) is 10.2 Å². The highest BCUT2D eigenvalue weighted by Gasteiger charge is 2.15. The largest absolute Gasteiger partial charge is 0.469 e. The molecule has 0 saturated carbocycles. The molecule has 8 heteroatoms. The summed E-state index contributed by atoms with van der Waals surface area (Å²) in [5.74, 6) is -0.574. The van der Waals surface area contributed by atoms with Gasteiger partial charge in [0.15, 0.2) is 0 Å². The summed E-state index contributed by atoms with van der Waals surface area (Å²) < 4.78 is 29.7. The zero-order chi connectivity index (χ0) is 12.2. The van der Waals surface area contributed by atoms with Crippen molar-refractivity contribution in [2.45, 2.75) is 13.3 Å². The van der Waals surface area contributed by atoms with Gasteiger partial charge in [-0.25, -0.2) is 8.42 Å². The Bertz CT molecular complexity index is 465. The molecule has 0 bridgehead atoms. The number of methoxy groups -OCH3 is 1. The second kappa shape index (κ2) is 4.97. The van der Waals surface area contributed by atoms with Gasteiger partial charge in [0.2, 0.25) is 10.0 Å². The molecule has 0 unspecified atom stereocenters. The first kappa shape index (κ1) is 12.5. The van der Waals surface area contributed by atoms with Crippen molar-refractivity contribution in [2.75, 3.05) is 17.6 Å². The fourth-order valence-corrected chi connectivity index (χ4v) is 2.03. The number of H-pyrrole nitrogens is 1. The Labute approximate surface area is 93.2 Å². The number of carbonyl (C=O) groups is 1. The quantitative estimate of drug-likeness (QED) is 0.714. The monoisotopic (exact) mass is 247 g/mol. The van der Waals surface area contributed by atoms with E-state index in [1.54, 1.807) is 6.92 Å². The van der Waals surface area contributed by atoms with Gasteiger partial charge >= 0.3 is 5.97 Å². The number of nitrogens with one attached hydrogen (secondary N) is 2. The summed E-state index contributed by atoms with van der Waals surface area (Å²) in [5.41, 5.74) is 0.682. The Morgan fingerprint density at radius 3 is 2.81 bits per heavy atom. The summed E-state index contributed by atoms with van der Waals surface area (Å²) in [5, 5.41) is 6.18. The van der Waals surface area contributed by atoms with Crippen LogP contribution in [0.4, 0.5) is 5.82 Å². The number of rotatable bonds is 5. The van der Waals surface area contributed by atoms with Gasteiger partial charge < -0.3 is 4.74 Å². The van der Waals surface area contributed by atoms with Crippen LogP contribution in [-0.4, -0.2) is 37.4 Å². The van der Waals surface area contributed by atoms with E-state index in [4.69, 9.17) is 0 Å². The van der Waals surface area contributed by atoms with Gasteiger partial charge in [0.25, 0.3) is 0 Å². The molecule has 0 aliphatic heterocycles. The van der Waals surface area contributed by atoms with E-state index in [2.05, 4.69) is 19.7 Å². The fourth-order valence-electron chi connectivity index (χ4n) is 0.976. The topological polar surface area (TPSA) is 101 Å². The third-order valence-corrected chi connectivity index (χ3v) is 3.15. The first-order chi connectivity index (χ1) is 7.44. The molecule has 0 aromatic carbocycles. The molecule has 0 amide bonds. The Kier molecular flexibility index (Phi) is 3.88. The molecule has 1 rings (SSSR count). The summed E-state index contributed by atoms with van der Waals surface area (Å²) in [6.45, 7) is 1.71. The standard InChI is InChI=1S/C8H13N3O4S/c1-6-5-9-10-8(6)11-16(13,14)4-3-7(12)15-2/h5H,3-4H2,1-2H3,(H2,9,10,11). The van der Waals surface area contributed by atoms with Crippen molar-refractivity contribution in [3.63, 3.8) is 0 Å². The van der Waals surface area contributed by atoms with E-state index in [1.165, 1.54) is 13.3 Å². The van der Waals surface area contributed by atoms with Crippen molar-refractivity contribution in [3.05, 3.63) is 11.8 Å².